The van der Waals surface area contributed by atoms with Crippen molar-refractivity contribution in [3.63, 3.8) is 0 Å². The number of nitrogens with zero attached hydrogens (tertiary/aromatic N) is 2. The van der Waals surface area contributed by atoms with Crippen molar-refractivity contribution in [2.24, 2.45) is 0 Å². The quantitative estimate of drug-likeness (QED) is 0.809. The molecule has 0 bridgehead atoms. The number of urea groups is 1. The predicted octanol–water partition coefficient (Wildman–Crippen LogP) is 3.84. The first-order chi connectivity index (χ1) is 14.3. The molecule has 29 heavy (non-hydrogen) atoms. The van der Waals surface area contributed by atoms with Gasteiger partial charge in [0.25, 0.3) is 0 Å². The van der Waals surface area contributed by atoms with Crippen molar-refractivity contribution >= 4 is 23.1 Å². The van der Waals surface area contributed by atoms with Crippen LogP contribution >= 0.6 is 0 Å². The second kappa shape index (κ2) is 9.65. The van der Waals surface area contributed by atoms with Crippen LogP contribution in [-0.4, -0.2) is 45.4 Å². The van der Waals surface area contributed by atoms with E-state index in [2.05, 4.69) is 56.8 Å². The lowest BCUT2D eigenvalue weighted by Crippen LogP contribution is -2.36. The summed E-state index contributed by atoms with van der Waals surface area (Å²) in [5.41, 5.74) is 4.30. The molecule has 0 aromatic heterocycles. The number of morpholine rings is 1. The van der Waals surface area contributed by atoms with E-state index in [-0.39, 0.29) is 6.03 Å². The van der Waals surface area contributed by atoms with Gasteiger partial charge < -0.3 is 25.2 Å². The Balaban J connectivity index is 1.27. The molecule has 0 unspecified atom stereocenters. The Morgan fingerprint density at radius 3 is 2.34 bits per heavy atom. The molecule has 0 saturated carbocycles. The summed E-state index contributed by atoms with van der Waals surface area (Å²) in [4.78, 5) is 17.0. The molecular formula is C23H30N4O2. The van der Waals surface area contributed by atoms with Crippen LogP contribution in [0.3, 0.4) is 0 Å². The molecule has 2 aromatic rings. The van der Waals surface area contributed by atoms with Crippen LogP contribution in [0.25, 0.3) is 0 Å². The lowest BCUT2D eigenvalue weighted by atomic mass is 10.1. The van der Waals surface area contributed by atoms with Gasteiger partial charge in [-0.25, -0.2) is 4.79 Å². The summed E-state index contributed by atoms with van der Waals surface area (Å²) in [5, 5.41) is 5.90. The number of hydrogen-bond donors (Lipinski definition) is 2. The van der Waals surface area contributed by atoms with Gasteiger partial charge in [0.2, 0.25) is 0 Å². The molecule has 0 spiro atoms. The minimum atomic E-state index is -0.182. The number of hydrogen-bond acceptors (Lipinski definition) is 4. The van der Waals surface area contributed by atoms with Crippen LogP contribution in [0.1, 0.15) is 24.8 Å². The Bertz CT molecular complexity index is 797. The second-order valence-electron chi connectivity index (χ2n) is 7.67. The summed E-state index contributed by atoms with van der Waals surface area (Å²) in [5.74, 6) is 0. The van der Waals surface area contributed by atoms with E-state index in [1.807, 2.05) is 12.1 Å². The van der Waals surface area contributed by atoms with E-state index in [1.54, 1.807) is 0 Å². The molecule has 154 valence electrons. The molecule has 6 nitrogen and oxygen atoms in total. The number of benzene rings is 2. The third kappa shape index (κ3) is 5.41. The fourth-order valence-electron chi connectivity index (χ4n) is 3.94. The number of ether oxygens (including phenoxy) is 1. The summed E-state index contributed by atoms with van der Waals surface area (Å²) >= 11 is 0. The van der Waals surface area contributed by atoms with Gasteiger partial charge in [-0.2, -0.15) is 0 Å². The largest absolute Gasteiger partial charge is 0.378 e. The molecule has 2 aromatic carbocycles. The maximum absolute atomic E-state index is 12.3. The number of amides is 2. The van der Waals surface area contributed by atoms with Crippen molar-refractivity contribution in [2.75, 3.05) is 54.5 Å². The molecule has 2 fully saturated rings. The third-order valence-corrected chi connectivity index (χ3v) is 5.59. The van der Waals surface area contributed by atoms with Crippen molar-refractivity contribution in [1.29, 1.82) is 0 Å². The van der Waals surface area contributed by atoms with E-state index >= 15 is 0 Å². The molecule has 2 heterocycles. The summed E-state index contributed by atoms with van der Waals surface area (Å²) in [7, 11) is 0. The molecule has 2 amide bonds. The molecule has 0 atom stereocenters. The highest BCUT2D eigenvalue weighted by Crippen LogP contribution is 2.23. The van der Waals surface area contributed by atoms with E-state index in [0.717, 1.165) is 50.6 Å². The average molecular weight is 395 g/mol. The summed E-state index contributed by atoms with van der Waals surface area (Å²) in [6.45, 7) is 6.10. The highest BCUT2D eigenvalue weighted by atomic mass is 16.5. The highest BCUT2D eigenvalue weighted by Gasteiger charge is 2.12. The zero-order chi connectivity index (χ0) is 19.9. The van der Waals surface area contributed by atoms with E-state index in [4.69, 9.17) is 4.74 Å². The fourth-order valence-corrected chi connectivity index (χ4v) is 3.94. The van der Waals surface area contributed by atoms with Crippen molar-refractivity contribution in [2.45, 2.75) is 25.8 Å². The van der Waals surface area contributed by atoms with Gasteiger partial charge >= 0.3 is 6.03 Å². The van der Waals surface area contributed by atoms with Crippen LogP contribution in [0, 0.1) is 0 Å². The monoisotopic (exact) mass is 394 g/mol. The first kappa shape index (κ1) is 19.6. The third-order valence-electron chi connectivity index (χ3n) is 5.59. The molecule has 2 aliphatic rings. The number of rotatable bonds is 5. The van der Waals surface area contributed by atoms with Gasteiger partial charge in [-0.15, -0.1) is 0 Å². The number of carbonyl (C=O) groups is 1. The van der Waals surface area contributed by atoms with Gasteiger partial charge in [-0.05, 0) is 55.2 Å². The van der Waals surface area contributed by atoms with E-state index in [9.17, 15) is 4.79 Å². The molecule has 2 aliphatic heterocycles. The van der Waals surface area contributed by atoms with Crippen molar-refractivity contribution < 1.29 is 9.53 Å². The van der Waals surface area contributed by atoms with Gasteiger partial charge in [0.1, 0.15) is 0 Å². The minimum Gasteiger partial charge on any atom is -0.378 e. The van der Waals surface area contributed by atoms with Crippen LogP contribution in [0.2, 0.25) is 0 Å². The van der Waals surface area contributed by atoms with Gasteiger partial charge in [-0.1, -0.05) is 18.2 Å². The van der Waals surface area contributed by atoms with Crippen molar-refractivity contribution in [1.82, 2.24) is 5.32 Å². The second-order valence-corrected chi connectivity index (χ2v) is 7.67. The Kier molecular flexibility index (Phi) is 6.52. The van der Waals surface area contributed by atoms with Crippen LogP contribution in [0.15, 0.2) is 48.5 Å². The van der Waals surface area contributed by atoms with Crippen molar-refractivity contribution in [3.05, 3.63) is 54.1 Å². The van der Waals surface area contributed by atoms with Crippen LogP contribution < -0.4 is 20.4 Å². The number of nitrogens with one attached hydrogen (secondary N) is 2. The van der Waals surface area contributed by atoms with Gasteiger partial charge in [-0.3, -0.25) is 0 Å². The van der Waals surface area contributed by atoms with Crippen LogP contribution in [-0.2, 0) is 11.3 Å². The zero-order valence-corrected chi connectivity index (χ0v) is 16.9. The minimum absolute atomic E-state index is 0.182. The zero-order valence-electron chi connectivity index (χ0n) is 16.9. The molecule has 6 heteroatoms. The summed E-state index contributed by atoms with van der Waals surface area (Å²) in [6.07, 6.45) is 3.79. The SMILES string of the molecule is O=C(NCc1ccc(N2CCOCC2)cc1)Nc1cccc(N2CCCCC2)c1. The predicted molar refractivity (Wildman–Crippen MR) is 118 cm³/mol. The molecule has 2 N–H and O–H groups in total. The molecule has 0 aliphatic carbocycles. The number of carbonyl (C=O) groups excluding carboxylic acids is 1. The van der Waals surface area contributed by atoms with E-state index in [0.29, 0.717) is 6.54 Å². The highest BCUT2D eigenvalue weighted by molar-refractivity contribution is 5.89. The first-order valence-electron chi connectivity index (χ1n) is 10.6. The van der Waals surface area contributed by atoms with E-state index in [1.165, 1.54) is 30.6 Å². The lowest BCUT2D eigenvalue weighted by Gasteiger charge is -2.29. The van der Waals surface area contributed by atoms with Crippen LogP contribution in [0.5, 0.6) is 0 Å². The van der Waals surface area contributed by atoms with Gasteiger partial charge in [0.05, 0.1) is 13.2 Å². The van der Waals surface area contributed by atoms with E-state index < -0.39 is 0 Å². The molecular weight excluding hydrogens is 364 g/mol. The van der Waals surface area contributed by atoms with Crippen LogP contribution in [0.4, 0.5) is 21.9 Å². The average Bonchev–Trinajstić information content (AvgIpc) is 2.79. The molecule has 2 saturated heterocycles. The summed E-state index contributed by atoms with van der Waals surface area (Å²) < 4.78 is 5.40. The summed E-state index contributed by atoms with van der Waals surface area (Å²) in [6, 6.07) is 16.3. The topological polar surface area (TPSA) is 56.8 Å². The Morgan fingerprint density at radius 2 is 1.59 bits per heavy atom. The molecule has 4 rings (SSSR count). The lowest BCUT2D eigenvalue weighted by molar-refractivity contribution is 0.122. The van der Waals surface area contributed by atoms with Gasteiger partial charge in [0.15, 0.2) is 0 Å². The normalized spacial score (nSPS) is 17.1. The number of anilines is 3. The maximum Gasteiger partial charge on any atom is 0.319 e. The first-order valence-corrected chi connectivity index (χ1v) is 10.6. The Morgan fingerprint density at radius 1 is 0.862 bits per heavy atom. The van der Waals surface area contributed by atoms with Gasteiger partial charge in [0, 0.05) is 49.8 Å². The maximum atomic E-state index is 12.3. The van der Waals surface area contributed by atoms with Crippen molar-refractivity contribution in [3.8, 4) is 0 Å². The smallest absolute Gasteiger partial charge is 0.319 e. The number of piperidine rings is 1. The Labute approximate surface area is 172 Å². The fraction of sp³-hybridized carbons (Fsp3) is 0.435. The standard InChI is InChI=1S/C23H30N4O2/c28-23(25-20-5-4-6-22(17-20)26-11-2-1-3-12-26)24-18-19-7-9-21(10-8-19)27-13-15-29-16-14-27/h4-10,17H,1-3,11-16,18H2,(H2,24,25,28). The Hall–Kier alpha value is -2.73. The molecule has 0 radical (unpaired) electrons.